The van der Waals surface area contributed by atoms with Gasteiger partial charge in [-0.15, -0.1) is 22.7 Å². The molecule has 0 bridgehead atoms. The predicted molar refractivity (Wildman–Crippen MR) is 74.6 cm³/mol. The van der Waals surface area contributed by atoms with Gasteiger partial charge in [0, 0.05) is 5.38 Å². The average Bonchev–Trinajstić information content (AvgIpc) is 2.91. The van der Waals surface area contributed by atoms with Gasteiger partial charge in [0.15, 0.2) is 0 Å². The van der Waals surface area contributed by atoms with Crippen LogP contribution >= 0.6 is 22.7 Å². The van der Waals surface area contributed by atoms with E-state index in [4.69, 9.17) is 0 Å². The molecule has 3 rings (SSSR count). The van der Waals surface area contributed by atoms with Crippen LogP contribution in [0.1, 0.15) is 16.3 Å². The van der Waals surface area contributed by atoms with Crippen molar-refractivity contribution < 1.29 is 0 Å². The first kappa shape index (κ1) is 11.6. The Hall–Kier alpha value is -1.53. The molecule has 0 aromatic carbocycles. The van der Waals surface area contributed by atoms with Gasteiger partial charge in [-0.3, -0.25) is 9.36 Å². The molecule has 3 aromatic heterocycles. The molecule has 18 heavy (non-hydrogen) atoms. The van der Waals surface area contributed by atoms with Crippen molar-refractivity contribution >= 4 is 32.9 Å². The second-order valence-corrected chi connectivity index (χ2v) is 6.07. The maximum absolute atomic E-state index is 12.3. The maximum Gasteiger partial charge on any atom is 0.271 e. The number of rotatable bonds is 2. The van der Waals surface area contributed by atoms with Crippen molar-refractivity contribution in [1.82, 2.24) is 14.5 Å². The summed E-state index contributed by atoms with van der Waals surface area (Å²) in [6, 6.07) is 0. The van der Waals surface area contributed by atoms with Gasteiger partial charge in [0.05, 0.1) is 29.1 Å². The number of hydrogen-bond acceptors (Lipinski definition) is 5. The van der Waals surface area contributed by atoms with Gasteiger partial charge in [-0.25, -0.2) is 9.97 Å². The first-order valence-corrected chi connectivity index (χ1v) is 7.25. The fourth-order valence-corrected chi connectivity index (χ4v) is 3.38. The van der Waals surface area contributed by atoms with E-state index in [1.807, 2.05) is 24.6 Å². The molecule has 0 fully saturated rings. The highest BCUT2D eigenvalue weighted by Crippen LogP contribution is 2.19. The molecule has 0 radical (unpaired) electrons. The van der Waals surface area contributed by atoms with Crippen LogP contribution in [0.25, 0.3) is 10.2 Å². The second-order valence-electron chi connectivity index (χ2n) is 4.13. The molecular weight excluding hydrogens is 266 g/mol. The van der Waals surface area contributed by atoms with E-state index in [0.29, 0.717) is 6.54 Å². The summed E-state index contributed by atoms with van der Waals surface area (Å²) in [5, 5.41) is 4.96. The Morgan fingerprint density at radius 1 is 1.28 bits per heavy atom. The van der Waals surface area contributed by atoms with Gasteiger partial charge >= 0.3 is 0 Å². The molecule has 0 saturated carbocycles. The molecule has 3 aromatic rings. The molecule has 0 N–H and O–H groups in total. The largest absolute Gasteiger partial charge is 0.292 e. The molecule has 0 aliphatic carbocycles. The molecule has 0 saturated heterocycles. The summed E-state index contributed by atoms with van der Waals surface area (Å²) in [5.41, 5.74) is 2.80. The summed E-state index contributed by atoms with van der Waals surface area (Å²) < 4.78 is 2.34. The lowest BCUT2D eigenvalue weighted by molar-refractivity contribution is 0.733. The van der Waals surface area contributed by atoms with Crippen LogP contribution in [0.3, 0.4) is 0 Å². The summed E-state index contributed by atoms with van der Waals surface area (Å²) in [4.78, 5) is 21.0. The van der Waals surface area contributed by atoms with Crippen molar-refractivity contribution in [3.8, 4) is 0 Å². The molecule has 3 heterocycles. The first-order valence-electron chi connectivity index (χ1n) is 5.49. The molecule has 0 unspecified atom stereocenters. The SMILES string of the molecule is Cc1nc(Cn2cnc3c(C)csc3c2=O)cs1. The first-order chi connectivity index (χ1) is 8.65. The number of hydrogen-bond donors (Lipinski definition) is 0. The standard InChI is InChI=1S/C12H11N3OS2/c1-7-4-18-11-10(7)13-6-15(12(11)16)3-9-5-17-8(2)14-9/h4-6H,3H2,1-2H3. The Morgan fingerprint density at radius 2 is 2.11 bits per heavy atom. The van der Waals surface area contributed by atoms with Crippen LogP contribution in [0.15, 0.2) is 21.9 Å². The van der Waals surface area contributed by atoms with E-state index in [0.717, 1.165) is 26.5 Å². The van der Waals surface area contributed by atoms with Gasteiger partial charge < -0.3 is 0 Å². The van der Waals surface area contributed by atoms with Gasteiger partial charge in [-0.1, -0.05) is 0 Å². The number of fused-ring (bicyclic) bond motifs is 1. The highest BCUT2D eigenvalue weighted by molar-refractivity contribution is 7.17. The van der Waals surface area contributed by atoms with E-state index < -0.39 is 0 Å². The Kier molecular flexibility index (Phi) is 2.76. The van der Waals surface area contributed by atoms with Crippen LogP contribution in [0, 0.1) is 13.8 Å². The second kappa shape index (κ2) is 4.29. The van der Waals surface area contributed by atoms with E-state index >= 15 is 0 Å². The fourth-order valence-electron chi connectivity index (χ4n) is 1.83. The lowest BCUT2D eigenvalue weighted by atomic mass is 10.3. The monoisotopic (exact) mass is 277 g/mol. The van der Waals surface area contributed by atoms with Gasteiger partial charge in [0.2, 0.25) is 0 Å². The summed E-state index contributed by atoms with van der Waals surface area (Å²) in [6.07, 6.45) is 1.61. The van der Waals surface area contributed by atoms with E-state index in [1.54, 1.807) is 22.2 Å². The van der Waals surface area contributed by atoms with Crippen LogP contribution in [0.4, 0.5) is 0 Å². The quantitative estimate of drug-likeness (QED) is 0.723. The van der Waals surface area contributed by atoms with E-state index in [-0.39, 0.29) is 5.56 Å². The zero-order chi connectivity index (χ0) is 12.7. The topological polar surface area (TPSA) is 47.8 Å². The molecular formula is C12H11N3OS2. The summed E-state index contributed by atoms with van der Waals surface area (Å²) >= 11 is 3.05. The summed E-state index contributed by atoms with van der Waals surface area (Å²) in [6.45, 7) is 4.42. The predicted octanol–water partition coefficient (Wildman–Crippen LogP) is 2.58. The van der Waals surface area contributed by atoms with E-state index in [9.17, 15) is 4.79 Å². The minimum atomic E-state index is 0.0174. The minimum absolute atomic E-state index is 0.0174. The van der Waals surface area contributed by atoms with Crippen LogP contribution in [0.2, 0.25) is 0 Å². The molecule has 0 aliphatic heterocycles. The Labute approximate surface area is 112 Å². The van der Waals surface area contributed by atoms with Crippen molar-refractivity contribution in [2.45, 2.75) is 20.4 Å². The van der Waals surface area contributed by atoms with Crippen LogP contribution in [-0.4, -0.2) is 14.5 Å². The zero-order valence-corrected chi connectivity index (χ0v) is 11.6. The number of nitrogens with zero attached hydrogens (tertiary/aromatic N) is 3. The molecule has 0 aliphatic rings. The molecule has 6 heteroatoms. The highest BCUT2D eigenvalue weighted by atomic mass is 32.1. The Balaban J connectivity index is 2.07. The lowest BCUT2D eigenvalue weighted by Gasteiger charge is -2.02. The van der Waals surface area contributed by atoms with Gasteiger partial charge in [0.25, 0.3) is 5.56 Å². The molecule has 4 nitrogen and oxygen atoms in total. The number of thiazole rings is 1. The van der Waals surface area contributed by atoms with Crippen LogP contribution in [-0.2, 0) is 6.54 Å². The maximum atomic E-state index is 12.3. The fraction of sp³-hybridized carbons (Fsp3) is 0.250. The van der Waals surface area contributed by atoms with Crippen LogP contribution in [0.5, 0.6) is 0 Å². The van der Waals surface area contributed by atoms with E-state index in [1.165, 1.54) is 11.3 Å². The molecule has 92 valence electrons. The van der Waals surface area contributed by atoms with Crippen molar-refractivity contribution in [2.75, 3.05) is 0 Å². The lowest BCUT2D eigenvalue weighted by Crippen LogP contribution is -2.20. The Bertz CT molecular complexity index is 769. The average molecular weight is 277 g/mol. The van der Waals surface area contributed by atoms with Crippen molar-refractivity contribution in [2.24, 2.45) is 0 Å². The number of aryl methyl sites for hydroxylation is 2. The van der Waals surface area contributed by atoms with Gasteiger partial charge in [-0.05, 0) is 24.8 Å². The third-order valence-corrected chi connectivity index (χ3v) is 4.62. The van der Waals surface area contributed by atoms with Crippen molar-refractivity contribution in [3.05, 3.63) is 43.7 Å². The van der Waals surface area contributed by atoms with Gasteiger partial charge in [0.1, 0.15) is 4.70 Å². The normalized spacial score (nSPS) is 11.2. The summed E-state index contributed by atoms with van der Waals surface area (Å²) in [5.74, 6) is 0. The highest BCUT2D eigenvalue weighted by Gasteiger charge is 2.09. The van der Waals surface area contributed by atoms with Crippen molar-refractivity contribution in [1.29, 1.82) is 0 Å². The third-order valence-electron chi connectivity index (χ3n) is 2.72. The minimum Gasteiger partial charge on any atom is -0.292 e. The van der Waals surface area contributed by atoms with Gasteiger partial charge in [-0.2, -0.15) is 0 Å². The molecule has 0 amide bonds. The summed E-state index contributed by atoms with van der Waals surface area (Å²) in [7, 11) is 0. The van der Waals surface area contributed by atoms with Crippen LogP contribution < -0.4 is 5.56 Å². The van der Waals surface area contributed by atoms with E-state index in [2.05, 4.69) is 9.97 Å². The number of thiophene rings is 1. The number of aromatic nitrogens is 3. The smallest absolute Gasteiger partial charge is 0.271 e. The molecule has 0 atom stereocenters. The van der Waals surface area contributed by atoms with Crippen molar-refractivity contribution in [3.63, 3.8) is 0 Å². The zero-order valence-electron chi connectivity index (χ0n) is 10.0. The third kappa shape index (κ3) is 1.87. The Morgan fingerprint density at radius 3 is 2.83 bits per heavy atom. The molecule has 0 spiro atoms.